The summed E-state index contributed by atoms with van der Waals surface area (Å²) in [5, 5.41) is 0. The summed E-state index contributed by atoms with van der Waals surface area (Å²) in [7, 11) is 0. The molecular weight excluding hydrogens is 183 g/mol. The van der Waals surface area contributed by atoms with Gasteiger partial charge in [0.25, 0.3) is 0 Å². The van der Waals surface area contributed by atoms with E-state index in [4.69, 9.17) is 4.74 Å². The monoisotopic (exact) mass is 194 g/mol. The van der Waals surface area contributed by atoms with E-state index in [-0.39, 0.29) is 5.56 Å². The molecular formula is C11H11FO2. The van der Waals surface area contributed by atoms with Crippen LogP contribution >= 0.6 is 0 Å². The lowest BCUT2D eigenvalue weighted by atomic mass is 10.1. The molecule has 0 aromatic heterocycles. The Morgan fingerprint density at radius 1 is 1.50 bits per heavy atom. The van der Waals surface area contributed by atoms with Crippen molar-refractivity contribution in [2.45, 2.75) is 6.92 Å². The van der Waals surface area contributed by atoms with Crippen molar-refractivity contribution < 1.29 is 13.9 Å². The molecule has 0 radical (unpaired) electrons. The molecule has 0 aliphatic rings. The first-order chi connectivity index (χ1) is 6.75. The molecule has 0 N–H and O–H groups in total. The maximum atomic E-state index is 13.1. The van der Waals surface area contributed by atoms with Crippen LogP contribution in [0.25, 0.3) is 0 Å². The van der Waals surface area contributed by atoms with Gasteiger partial charge in [-0.25, -0.2) is 4.39 Å². The predicted molar refractivity (Wildman–Crippen MR) is 51.5 cm³/mol. The standard InChI is InChI=1S/C11H11FO2/c1-2-14-8-7-11(13)9-5-3-4-6-10(9)12/h3-8H,2H2,1H3/b8-7+. The molecule has 2 nitrogen and oxygen atoms in total. The minimum Gasteiger partial charge on any atom is -0.501 e. The molecule has 0 aliphatic heterocycles. The molecule has 0 atom stereocenters. The van der Waals surface area contributed by atoms with Crippen LogP contribution in [0.5, 0.6) is 0 Å². The van der Waals surface area contributed by atoms with Gasteiger partial charge in [-0.15, -0.1) is 0 Å². The number of ketones is 1. The van der Waals surface area contributed by atoms with Crippen molar-refractivity contribution in [3.05, 3.63) is 48.0 Å². The van der Waals surface area contributed by atoms with Gasteiger partial charge in [-0.1, -0.05) is 12.1 Å². The molecule has 3 heteroatoms. The third-order valence-electron chi connectivity index (χ3n) is 1.62. The maximum absolute atomic E-state index is 13.1. The summed E-state index contributed by atoms with van der Waals surface area (Å²) < 4.78 is 17.9. The third kappa shape index (κ3) is 2.69. The molecule has 74 valence electrons. The molecule has 0 saturated carbocycles. The first-order valence-electron chi connectivity index (χ1n) is 4.32. The summed E-state index contributed by atoms with van der Waals surface area (Å²) in [5.74, 6) is -0.907. The topological polar surface area (TPSA) is 26.3 Å². The van der Waals surface area contributed by atoms with Crippen molar-refractivity contribution >= 4 is 5.78 Å². The van der Waals surface area contributed by atoms with Crippen LogP contribution < -0.4 is 0 Å². The van der Waals surface area contributed by atoms with Gasteiger partial charge in [-0.2, -0.15) is 0 Å². The number of hydrogen-bond acceptors (Lipinski definition) is 2. The van der Waals surface area contributed by atoms with Gasteiger partial charge >= 0.3 is 0 Å². The molecule has 0 spiro atoms. The summed E-state index contributed by atoms with van der Waals surface area (Å²) in [4.78, 5) is 11.3. The summed E-state index contributed by atoms with van der Waals surface area (Å²) in [5.41, 5.74) is 0.0588. The number of hydrogen-bond donors (Lipinski definition) is 0. The maximum Gasteiger partial charge on any atom is 0.191 e. The molecule has 0 heterocycles. The van der Waals surface area contributed by atoms with Crippen molar-refractivity contribution in [1.82, 2.24) is 0 Å². The van der Waals surface area contributed by atoms with Crippen molar-refractivity contribution in [2.24, 2.45) is 0 Å². The van der Waals surface area contributed by atoms with Crippen LogP contribution in [0, 0.1) is 5.82 Å². The molecule has 1 rings (SSSR count). The highest BCUT2D eigenvalue weighted by Gasteiger charge is 2.06. The average molecular weight is 194 g/mol. The van der Waals surface area contributed by atoms with Crippen LogP contribution in [0.3, 0.4) is 0 Å². The Kier molecular flexibility index (Phi) is 3.85. The first-order valence-corrected chi connectivity index (χ1v) is 4.32. The minimum absolute atomic E-state index is 0.0588. The molecule has 0 fully saturated rings. The summed E-state index contributed by atoms with van der Waals surface area (Å²) in [6, 6.07) is 5.85. The molecule has 1 aromatic rings. The zero-order chi connectivity index (χ0) is 10.4. The zero-order valence-electron chi connectivity index (χ0n) is 7.87. The lowest BCUT2D eigenvalue weighted by Gasteiger charge is -1.97. The van der Waals surface area contributed by atoms with Gasteiger partial charge in [0.15, 0.2) is 5.78 Å². The fraction of sp³-hybridized carbons (Fsp3) is 0.182. The molecule has 1 aromatic carbocycles. The Morgan fingerprint density at radius 2 is 2.21 bits per heavy atom. The van der Waals surface area contributed by atoms with Crippen LogP contribution in [-0.4, -0.2) is 12.4 Å². The lowest BCUT2D eigenvalue weighted by Crippen LogP contribution is -1.98. The summed E-state index contributed by atoms with van der Waals surface area (Å²) in [6.07, 6.45) is 2.48. The second-order valence-corrected chi connectivity index (χ2v) is 2.60. The van der Waals surface area contributed by atoms with Gasteiger partial charge in [0, 0.05) is 6.08 Å². The zero-order valence-corrected chi connectivity index (χ0v) is 7.87. The van der Waals surface area contributed by atoms with E-state index in [0.29, 0.717) is 6.61 Å². The Bertz CT molecular complexity index is 345. The smallest absolute Gasteiger partial charge is 0.191 e. The first kappa shape index (κ1) is 10.4. The number of halogens is 1. The predicted octanol–water partition coefficient (Wildman–Crippen LogP) is 2.56. The van der Waals surface area contributed by atoms with Gasteiger partial charge in [0.05, 0.1) is 18.4 Å². The van der Waals surface area contributed by atoms with Crippen LogP contribution in [0.4, 0.5) is 4.39 Å². The number of carbonyl (C=O) groups excluding carboxylic acids is 1. The summed E-state index contributed by atoms with van der Waals surface area (Å²) >= 11 is 0. The van der Waals surface area contributed by atoms with Crippen LogP contribution in [0.1, 0.15) is 17.3 Å². The third-order valence-corrected chi connectivity index (χ3v) is 1.62. The van der Waals surface area contributed by atoms with Crippen molar-refractivity contribution in [2.75, 3.05) is 6.61 Å². The Hall–Kier alpha value is -1.64. The Labute approximate surface area is 82.0 Å². The highest BCUT2D eigenvalue weighted by Crippen LogP contribution is 2.07. The van der Waals surface area contributed by atoms with Gasteiger partial charge in [-0.05, 0) is 19.1 Å². The second kappa shape index (κ2) is 5.17. The molecule has 0 bridgehead atoms. The fourth-order valence-electron chi connectivity index (χ4n) is 0.957. The van der Waals surface area contributed by atoms with Crippen molar-refractivity contribution in [1.29, 1.82) is 0 Å². The molecule has 0 amide bonds. The highest BCUT2D eigenvalue weighted by molar-refractivity contribution is 6.04. The van der Waals surface area contributed by atoms with Crippen LogP contribution in [-0.2, 0) is 4.74 Å². The average Bonchev–Trinajstić information content (AvgIpc) is 2.18. The van der Waals surface area contributed by atoms with E-state index in [9.17, 15) is 9.18 Å². The van der Waals surface area contributed by atoms with E-state index in [0.717, 1.165) is 0 Å². The minimum atomic E-state index is -0.515. The number of allylic oxidation sites excluding steroid dienone is 1. The van der Waals surface area contributed by atoms with Gasteiger partial charge in [0.2, 0.25) is 0 Å². The Balaban J connectivity index is 2.75. The Morgan fingerprint density at radius 3 is 2.86 bits per heavy atom. The molecule has 0 unspecified atom stereocenters. The highest BCUT2D eigenvalue weighted by atomic mass is 19.1. The number of benzene rings is 1. The molecule has 14 heavy (non-hydrogen) atoms. The SMILES string of the molecule is CCO/C=C/C(=O)c1ccccc1F. The second-order valence-electron chi connectivity index (χ2n) is 2.60. The molecule has 0 aliphatic carbocycles. The van der Waals surface area contributed by atoms with E-state index in [1.165, 1.54) is 24.5 Å². The van der Waals surface area contributed by atoms with E-state index in [1.54, 1.807) is 19.1 Å². The lowest BCUT2D eigenvalue weighted by molar-refractivity contribution is 0.103. The number of ether oxygens (including phenoxy) is 1. The van der Waals surface area contributed by atoms with Crippen LogP contribution in [0.2, 0.25) is 0 Å². The van der Waals surface area contributed by atoms with Crippen LogP contribution in [0.15, 0.2) is 36.6 Å². The van der Waals surface area contributed by atoms with Gasteiger partial charge in [-0.3, -0.25) is 4.79 Å². The fourth-order valence-corrected chi connectivity index (χ4v) is 0.957. The van der Waals surface area contributed by atoms with Gasteiger partial charge < -0.3 is 4.74 Å². The van der Waals surface area contributed by atoms with Crippen molar-refractivity contribution in [3.63, 3.8) is 0 Å². The van der Waals surface area contributed by atoms with Crippen molar-refractivity contribution in [3.8, 4) is 0 Å². The quantitative estimate of drug-likeness (QED) is 0.418. The van der Waals surface area contributed by atoms with Gasteiger partial charge in [0.1, 0.15) is 5.82 Å². The largest absolute Gasteiger partial charge is 0.501 e. The van der Waals surface area contributed by atoms with E-state index in [2.05, 4.69) is 0 Å². The normalized spacial score (nSPS) is 10.4. The van der Waals surface area contributed by atoms with E-state index >= 15 is 0 Å². The number of rotatable bonds is 4. The summed E-state index contributed by atoms with van der Waals surface area (Å²) in [6.45, 7) is 2.29. The van der Waals surface area contributed by atoms with E-state index in [1.807, 2.05) is 0 Å². The van der Waals surface area contributed by atoms with E-state index < -0.39 is 11.6 Å². The number of carbonyl (C=O) groups is 1. The molecule has 0 saturated heterocycles.